The largest absolute Gasteiger partial charge is 0.497 e. The minimum absolute atomic E-state index is 0.190. The number of hydrogen-bond acceptors (Lipinski definition) is 5. The molecule has 2 aromatic carbocycles. The van der Waals surface area contributed by atoms with Gasteiger partial charge in [0.25, 0.3) is 10.0 Å². The minimum Gasteiger partial charge on any atom is -0.497 e. The predicted octanol–water partition coefficient (Wildman–Crippen LogP) is 3.32. The average Bonchev–Trinajstić information content (AvgIpc) is 2.63. The molecule has 0 amide bonds. The number of hydrogen-bond donors (Lipinski definition) is 0. The van der Waals surface area contributed by atoms with E-state index in [1.54, 1.807) is 56.5 Å². The fraction of sp³-hybridized carbons (Fsp3) is 0.333. The van der Waals surface area contributed by atoms with Crippen molar-refractivity contribution in [3.8, 4) is 17.2 Å². The van der Waals surface area contributed by atoms with Crippen molar-refractivity contribution in [3.63, 3.8) is 0 Å². The fourth-order valence-electron chi connectivity index (χ4n) is 2.46. The molecule has 0 radical (unpaired) electrons. The smallest absolute Gasteiger partial charge is 0.264 e. The van der Waals surface area contributed by atoms with Gasteiger partial charge in [-0.1, -0.05) is 0 Å². The van der Waals surface area contributed by atoms with E-state index < -0.39 is 10.0 Å². The van der Waals surface area contributed by atoms with Gasteiger partial charge in [-0.15, -0.1) is 0 Å². The number of ether oxygens (including phenoxy) is 3. The van der Waals surface area contributed by atoms with Crippen molar-refractivity contribution >= 4 is 15.7 Å². The van der Waals surface area contributed by atoms with Crippen LogP contribution in [0.4, 0.5) is 5.69 Å². The van der Waals surface area contributed by atoms with Crippen molar-refractivity contribution < 1.29 is 22.6 Å². The van der Waals surface area contributed by atoms with Crippen molar-refractivity contribution in [2.75, 3.05) is 31.7 Å². The van der Waals surface area contributed by atoms with Crippen LogP contribution < -0.4 is 18.5 Å². The maximum atomic E-state index is 13.1. The van der Waals surface area contributed by atoms with Gasteiger partial charge in [0.1, 0.15) is 17.2 Å². The summed E-state index contributed by atoms with van der Waals surface area (Å²) in [7, 11) is -0.691. The first-order chi connectivity index (χ1) is 12.0. The second kappa shape index (κ2) is 8.11. The molecule has 6 nitrogen and oxygen atoms in total. The summed E-state index contributed by atoms with van der Waals surface area (Å²) in [6.07, 6.45) is 0. The molecule has 0 N–H and O–H groups in total. The van der Waals surface area contributed by atoms with Gasteiger partial charge in [0.05, 0.1) is 31.4 Å². The van der Waals surface area contributed by atoms with E-state index in [0.717, 1.165) is 0 Å². The third-order valence-corrected chi connectivity index (χ3v) is 5.57. The Morgan fingerprint density at radius 2 is 1.56 bits per heavy atom. The Bertz CT molecular complexity index is 803. The van der Waals surface area contributed by atoms with Gasteiger partial charge in [-0.05, 0) is 50.2 Å². The Kier molecular flexibility index (Phi) is 6.14. The topological polar surface area (TPSA) is 65.1 Å². The van der Waals surface area contributed by atoms with Crippen molar-refractivity contribution in [1.82, 2.24) is 0 Å². The molecule has 2 rings (SSSR count). The standard InChI is InChI=1S/C18H23NO5S/c1-5-19(17-12-9-15(22-3)13-18(17)23-4)25(20,21)16-10-7-14(8-11-16)24-6-2/h7-13H,5-6H2,1-4H3. The summed E-state index contributed by atoms with van der Waals surface area (Å²) >= 11 is 0. The lowest BCUT2D eigenvalue weighted by Gasteiger charge is -2.25. The Morgan fingerprint density at radius 3 is 2.08 bits per heavy atom. The third kappa shape index (κ3) is 3.99. The molecule has 0 saturated heterocycles. The SMILES string of the molecule is CCOc1ccc(S(=O)(=O)N(CC)c2ccc(OC)cc2OC)cc1. The van der Waals surface area contributed by atoms with Crippen LogP contribution in [0.1, 0.15) is 13.8 Å². The Hall–Kier alpha value is -2.41. The molecule has 0 unspecified atom stereocenters. The van der Waals surface area contributed by atoms with E-state index >= 15 is 0 Å². The number of methoxy groups -OCH3 is 2. The minimum atomic E-state index is -3.73. The Morgan fingerprint density at radius 1 is 0.920 bits per heavy atom. The summed E-state index contributed by atoms with van der Waals surface area (Å²) < 4.78 is 43.3. The van der Waals surface area contributed by atoms with Crippen LogP contribution in [0.2, 0.25) is 0 Å². The quantitative estimate of drug-likeness (QED) is 0.718. The monoisotopic (exact) mass is 365 g/mol. The van der Waals surface area contributed by atoms with Crippen LogP contribution in [-0.2, 0) is 10.0 Å². The van der Waals surface area contributed by atoms with Crippen molar-refractivity contribution in [2.24, 2.45) is 0 Å². The van der Waals surface area contributed by atoms with E-state index in [4.69, 9.17) is 14.2 Å². The van der Waals surface area contributed by atoms with Gasteiger partial charge in [-0.25, -0.2) is 8.42 Å². The van der Waals surface area contributed by atoms with Crippen LogP contribution in [0.25, 0.3) is 0 Å². The highest BCUT2D eigenvalue weighted by molar-refractivity contribution is 7.92. The molecule has 0 aliphatic rings. The molecular formula is C18H23NO5S. The second-order valence-corrected chi connectivity index (χ2v) is 6.97. The van der Waals surface area contributed by atoms with E-state index in [1.165, 1.54) is 11.4 Å². The van der Waals surface area contributed by atoms with E-state index in [0.29, 0.717) is 29.5 Å². The molecule has 0 fully saturated rings. The first-order valence-corrected chi connectivity index (χ1v) is 9.39. The average molecular weight is 365 g/mol. The lowest BCUT2D eigenvalue weighted by atomic mass is 10.2. The van der Waals surface area contributed by atoms with E-state index in [9.17, 15) is 8.42 Å². The molecule has 25 heavy (non-hydrogen) atoms. The van der Waals surface area contributed by atoms with Crippen LogP contribution in [0.5, 0.6) is 17.2 Å². The third-order valence-electron chi connectivity index (χ3n) is 3.67. The number of nitrogens with zero attached hydrogens (tertiary/aromatic N) is 1. The molecule has 0 aromatic heterocycles. The van der Waals surface area contributed by atoms with Crippen LogP contribution >= 0.6 is 0 Å². The highest BCUT2D eigenvalue weighted by Gasteiger charge is 2.26. The van der Waals surface area contributed by atoms with Crippen LogP contribution in [0.3, 0.4) is 0 Å². The summed E-state index contributed by atoms with van der Waals surface area (Å²) in [6, 6.07) is 11.4. The summed E-state index contributed by atoms with van der Waals surface area (Å²) in [5, 5.41) is 0. The molecule has 0 aliphatic heterocycles. The van der Waals surface area contributed by atoms with Gasteiger partial charge in [-0.2, -0.15) is 0 Å². The van der Waals surface area contributed by atoms with Gasteiger partial charge in [0.2, 0.25) is 0 Å². The van der Waals surface area contributed by atoms with E-state index in [2.05, 4.69) is 0 Å². The molecular weight excluding hydrogens is 342 g/mol. The molecule has 0 aliphatic carbocycles. The fourth-order valence-corrected chi connectivity index (χ4v) is 3.95. The van der Waals surface area contributed by atoms with Crippen LogP contribution in [-0.4, -0.2) is 35.8 Å². The first-order valence-electron chi connectivity index (χ1n) is 7.95. The lowest BCUT2D eigenvalue weighted by molar-refractivity contribution is 0.340. The molecule has 7 heteroatoms. The van der Waals surface area contributed by atoms with Gasteiger partial charge < -0.3 is 14.2 Å². The molecule has 136 valence electrons. The Balaban J connectivity index is 2.45. The first kappa shape index (κ1) is 18.9. The lowest BCUT2D eigenvalue weighted by Crippen LogP contribution is -2.31. The molecule has 0 heterocycles. The maximum Gasteiger partial charge on any atom is 0.264 e. The highest BCUT2D eigenvalue weighted by Crippen LogP contribution is 2.35. The summed E-state index contributed by atoms with van der Waals surface area (Å²) in [4.78, 5) is 0.190. The van der Waals surface area contributed by atoms with Gasteiger partial charge >= 0.3 is 0 Å². The van der Waals surface area contributed by atoms with E-state index in [1.807, 2.05) is 6.92 Å². The maximum absolute atomic E-state index is 13.1. The predicted molar refractivity (Wildman–Crippen MR) is 97.4 cm³/mol. The molecule has 0 saturated carbocycles. The number of benzene rings is 2. The van der Waals surface area contributed by atoms with Crippen LogP contribution in [0, 0.1) is 0 Å². The van der Waals surface area contributed by atoms with Crippen LogP contribution in [0.15, 0.2) is 47.4 Å². The molecule has 2 aromatic rings. The molecule has 0 bridgehead atoms. The molecule has 0 spiro atoms. The summed E-state index contributed by atoms with van der Waals surface area (Å²) in [5.41, 5.74) is 0.458. The zero-order valence-electron chi connectivity index (χ0n) is 14.9. The number of anilines is 1. The number of sulfonamides is 1. The van der Waals surface area contributed by atoms with E-state index in [-0.39, 0.29) is 11.4 Å². The van der Waals surface area contributed by atoms with Crippen molar-refractivity contribution in [1.29, 1.82) is 0 Å². The zero-order valence-corrected chi connectivity index (χ0v) is 15.7. The summed E-state index contributed by atoms with van der Waals surface area (Å²) in [5.74, 6) is 1.65. The normalized spacial score (nSPS) is 11.0. The van der Waals surface area contributed by atoms with Gasteiger partial charge in [0.15, 0.2) is 0 Å². The van der Waals surface area contributed by atoms with Crippen molar-refractivity contribution in [3.05, 3.63) is 42.5 Å². The van der Waals surface area contributed by atoms with Crippen molar-refractivity contribution in [2.45, 2.75) is 18.7 Å². The second-order valence-electron chi connectivity index (χ2n) is 5.11. The van der Waals surface area contributed by atoms with Gasteiger partial charge in [0, 0.05) is 12.6 Å². The Labute approximate surface area is 149 Å². The zero-order chi connectivity index (χ0) is 18.4. The molecule has 0 atom stereocenters. The number of rotatable bonds is 8. The summed E-state index contributed by atoms with van der Waals surface area (Å²) in [6.45, 7) is 4.43. The highest BCUT2D eigenvalue weighted by atomic mass is 32.2. The van der Waals surface area contributed by atoms with Gasteiger partial charge in [-0.3, -0.25) is 4.31 Å².